The van der Waals surface area contributed by atoms with Crippen LogP contribution in [0.25, 0.3) is 0 Å². The lowest BCUT2D eigenvalue weighted by atomic mass is 10.4. The van der Waals surface area contributed by atoms with E-state index in [1.54, 1.807) is 0 Å². The lowest BCUT2D eigenvalue weighted by Crippen LogP contribution is -2.27. The first-order valence-electron chi connectivity index (χ1n) is 3.79. The molecule has 14 heavy (non-hydrogen) atoms. The van der Waals surface area contributed by atoms with E-state index in [0.717, 1.165) is 0 Å². The zero-order valence-electron chi connectivity index (χ0n) is 7.37. The quantitative estimate of drug-likeness (QED) is 0.184. The van der Waals surface area contributed by atoms with E-state index >= 15 is 0 Å². The number of nitrogens with one attached hydrogen (secondary N) is 1. The molecule has 0 aromatic rings. The van der Waals surface area contributed by atoms with Gasteiger partial charge in [0.1, 0.15) is 6.10 Å². The van der Waals surface area contributed by atoms with E-state index in [0.29, 0.717) is 0 Å². The van der Waals surface area contributed by atoms with Crippen molar-refractivity contribution in [1.82, 2.24) is 5.48 Å². The van der Waals surface area contributed by atoms with Crippen LogP contribution in [0.2, 0.25) is 0 Å². The molecule has 0 aromatic carbocycles. The number of hydrogen-bond acceptors (Lipinski definition) is 6. The molecule has 5 N–H and O–H groups in total. The largest absolute Gasteiger partial charge is 0.469 e. The van der Waals surface area contributed by atoms with Crippen molar-refractivity contribution in [2.45, 2.75) is 6.10 Å². The van der Waals surface area contributed by atoms with E-state index in [-0.39, 0.29) is 19.8 Å². The Kier molecular flexibility index (Phi) is 7.24. The SMILES string of the molecule is O=P(O)(O)OCCNOC[C@@H](O)CO. The summed E-state index contributed by atoms with van der Waals surface area (Å²) in [6.07, 6.45) is -0.981. The molecule has 0 aliphatic heterocycles. The highest BCUT2D eigenvalue weighted by Gasteiger charge is 2.12. The Hall–Kier alpha value is -0.0500. The molecule has 0 fully saturated rings. The van der Waals surface area contributed by atoms with E-state index in [1.165, 1.54) is 0 Å². The van der Waals surface area contributed by atoms with Crippen molar-refractivity contribution < 1.29 is 33.9 Å². The van der Waals surface area contributed by atoms with Crippen molar-refractivity contribution >= 4 is 7.82 Å². The second-order valence-corrected chi connectivity index (χ2v) is 3.60. The van der Waals surface area contributed by atoms with Gasteiger partial charge in [-0.15, -0.1) is 0 Å². The average Bonchev–Trinajstić information content (AvgIpc) is 2.08. The molecule has 8 nitrogen and oxygen atoms in total. The van der Waals surface area contributed by atoms with E-state index < -0.39 is 20.5 Å². The monoisotopic (exact) mass is 231 g/mol. The van der Waals surface area contributed by atoms with Crippen molar-refractivity contribution in [2.24, 2.45) is 0 Å². The number of phosphoric acid groups is 1. The summed E-state index contributed by atoms with van der Waals surface area (Å²) in [5.74, 6) is 0. The number of hydroxylamine groups is 1. The molecule has 1 atom stereocenters. The van der Waals surface area contributed by atoms with Gasteiger partial charge in [0.2, 0.25) is 0 Å². The zero-order chi connectivity index (χ0) is 11.0. The molecule has 0 aliphatic carbocycles. The van der Waals surface area contributed by atoms with E-state index in [9.17, 15) is 4.57 Å². The summed E-state index contributed by atoms with van der Waals surface area (Å²) in [5.41, 5.74) is 2.28. The van der Waals surface area contributed by atoms with Crippen LogP contribution >= 0.6 is 7.82 Å². The lowest BCUT2D eigenvalue weighted by molar-refractivity contribution is -0.0399. The van der Waals surface area contributed by atoms with Crippen LogP contribution in [0.4, 0.5) is 0 Å². The van der Waals surface area contributed by atoms with Gasteiger partial charge in [0.25, 0.3) is 0 Å². The average molecular weight is 231 g/mol. The van der Waals surface area contributed by atoms with Crippen molar-refractivity contribution in [2.75, 3.05) is 26.4 Å². The summed E-state index contributed by atoms with van der Waals surface area (Å²) >= 11 is 0. The number of rotatable bonds is 8. The number of aliphatic hydroxyl groups excluding tert-OH is 2. The third-order valence-electron chi connectivity index (χ3n) is 1.05. The number of aliphatic hydroxyl groups is 2. The molecule has 0 heterocycles. The van der Waals surface area contributed by atoms with Crippen LogP contribution in [0, 0.1) is 0 Å². The zero-order valence-corrected chi connectivity index (χ0v) is 8.26. The van der Waals surface area contributed by atoms with Gasteiger partial charge in [-0.2, -0.15) is 0 Å². The minimum Gasteiger partial charge on any atom is -0.394 e. The summed E-state index contributed by atoms with van der Waals surface area (Å²) in [4.78, 5) is 21.1. The van der Waals surface area contributed by atoms with Gasteiger partial charge in [0, 0.05) is 6.54 Å². The maximum Gasteiger partial charge on any atom is 0.469 e. The Morgan fingerprint density at radius 2 is 2.07 bits per heavy atom. The summed E-state index contributed by atoms with van der Waals surface area (Å²) in [5, 5.41) is 17.1. The molecule has 0 saturated heterocycles. The maximum absolute atomic E-state index is 10.1. The van der Waals surface area contributed by atoms with Gasteiger partial charge in [-0.25, -0.2) is 10.0 Å². The van der Waals surface area contributed by atoms with Gasteiger partial charge in [-0.1, -0.05) is 0 Å². The molecule has 0 unspecified atom stereocenters. The molecule has 0 radical (unpaired) electrons. The second kappa shape index (κ2) is 7.27. The second-order valence-electron chi connectivity index (χ2n) is 2.37. The number of hydrogen-bond donors (Lipinski definition) is 5. The third-order valence-corrected chi connectivity index (χ3v) is 1.57. The molecule has 0 bridgehead atoms. The minimum absolute atomic E-state index is 0.0588. The van der Waals surface area contributed by atoms with Crippen molar-refractivity contribution in [1.29, 1.82) is 0 Å². The van der Waals surface area contributed by atoms with Gasteiger partial charge >= 0.3 is 7.82 Å². The fraction of sp³-hybridized carbons (Fsp3) is 1.00. The van der Waals surface area contributed by atoms with Gasteiger partial charge in [0.05, 0.1) is 19.8 Å². The highest BCUT2D eigenvalue weighted by atomic mass is 31.2. The summed E-state index contributed by atoms with van der Waals surface area (Å²) in [7, 11) is -4.42. The normalized spacial score (nSPS) is 14.3. The molecule has 9 heteroatoms. The van der Waals surface area contributed by atoms with Gasteiger partial charge in [0.15, 0.2) is 0 Å². The van der Waals surface area contributed by atoms with E-state index in [1.807, 2.05) is 0 Å². The van der Waals surface area contributed by atoms with Crippen LogP contribution in [0.1, 0.15) is 0 Å². The van der Waals surface area contributed by atoms with Crippen molar-refractivity contribution in [3.8, 4) is 0 Å². The molecular weight excluding hydrogens is 217 g/mol. The smallest absolute Gasteiger partial charge is 0.394 e. The summed E-state index contributed by atoms with van der Waals surface area (Å²) in [6.45, 7) is -0.699. The first kappa shape index (κ1) is 13.9. The molecule has 86 valence electrons. The van der Waals surface area contributed by atoms with Crippen molar-refractivity contribution in [3.63, 3.8) is 0 Å². The molecule has 0 amide bonds. The van der Waals surface area contributed by atoms with Gasteiger partial charge in [-0.05, 0) is 0 Å². The van der Waals surface area contributed by atoms with Crippen LogP contribution in [-0.2, 0) is 13.9 Å². The van der Waals surface area contributed by atoms with E-state index in [2.05, 4.69) is 14.8 Å². The molecule has 0 spiro atoms. The standard InChI is InChI=1S/C5H14NO7P/c7-3-5(8)4-12-6-1-2-13-14(9,10)11/h5-8H,1-4H2,(H2,9,10,11)/t5-/m0/s1. The summed E-state index contributed by atoms with van der Waals surface area (Å²) < 4.78 is 14.2. The fourth-order valence-corrected chi connectivity index (χ4v) is 0.815. The molecule has 0 aromatic heterocycles. The van der Waals surface area contributed by atoms with Crippen LogP contribution in [0.3, 0.4) is 0 Å². The number of phosphoric ester groups is 1. The van der Waals surface area contributed by atoms with Crippen LogP contribution in [0.15, 0.2) is 0 Å². The van der Waals surface area contributed by atoms with Crippen molar-refractivity contribution in [3.05, 3.63) is 0 Å². The maximum atomic E-state index is 10.1. The Labute approximate surface area is 80.7 Å². The fourth-order valence-electron chi connectivity index (χ4n) is 0.486. The topological polar surface area (TPSA) is 128 Å². The highest BCUT2D eigenvalue weighted by Crippen LogP contribution is 2.34. The van der Waals surface area contributed by atoms with Crippen LogP contribution in [0.5, 0.6) is 0 Å². The third kappa shape index (κ3) is 10.0. The molecule has 0 saturated carbocycles. The Morgan fingerprint density at radius 3 is 2.57 bits per heavy atom. The van der Waals surface area contributed by atoms with Crippen LogP contribution < -0.4 is 5.48 Å². The Balaban J connectivity index is 3.18. The highest BCUT2D eigenvalue weighted by molar-refractivity contribution is 7.46. The molecule has 0 rings (SSSR count). The van der Waals surface area contributed by atoms with Gasteiger partial charge in [-0.3, -0.25) is 9.36 Å². The lowest BCUT2D eigenvalue weighted by Gasteiger charge is -2.09. The van der Waals surface area contributed by atoms with E-state index in [4.69, 9.17) is 20.0 Å². The first-order valence-corrected chi connectivity index (χ1v) is 5.32. The summed E-state index contributed by atoms with van der Waals surface area (Å²) in [6, 6.07) is 0. The van der Waals surface area contributed by atoms with Crippen LogP contribution in [-0.4, -0.2) is 52.5 Å². The molecule has 0 aliphatic rings. The first-order chi connectivity index (χ1) is 6.45. The predicted molar refractivity (Wildman–Crippen MR) is 45.0 cm³/mol. The predicted octanol–water partition coefficient (Wildman–Crippen LogP) is -2.03. The Morgan fingerprint density at radius 1 is 1.43 bits per heavy atom. The Bertz CT molecular complexity index is 183. The minimum atomic E-state index is -4.42. The van der Waals surface area contributed by atoms with Gasteiger partial charge < -0.3 is 20.0 Å². The molecular formula is C5H14NO7P.